The van der Waals surface area contributed by atoms with Gasteiger partial charge in [-0.05, 0) is 54.9 Å². The van der Waals surface area contributed by atoms with Crippen LogP contribution in [0.3, 0.4) is 0 Å². The average molecular weight is 318 g/mol. The van der Waals surface area contributed by atoms with Crippen molar-refractivity contribution in [2.24, 2.45) is 5.10 Å². The molecule has 1 aromatic carbocycles. The summed E-state index contributed by atoms with van der Waals surface area (Å²) in [4.78, 5) is 0. The second kappa shape index (κ2) is 8.48. The van der Waals surface area contributed by atoms with E-state index < -0.39 is 0 Å². The standard InChI is InChI=1S/C16H22N4OS/c1-3-5-11-21-14-9-7-13(8-10-14)12-17-20-15(6-4-2)18-19-16(20)22/h7-10,12H,3-6,11H2,1-2H3,(H,19,22). The van der Waals surface area contributed by atoms with Gasteiger partial charge in [0, 0.05) is 6.42 Å². The zero-order valence-corrected chi connectivity index (χ0v) is 13.9. The largest absolute Gasteiger partial charge is 0.494 e. The predicted octanol–water partition coefficient (Wildman–Crippen LogP) is 3.95. The number of rotatable bonds is 8. The highest BCUT2D eigenvalue weighted by atomic mass is 32.1. The molecule has 0 aliphatic carbocycles. The van der Waals surface area contributed by atoms with E-state index in [0.717, 1.165) is 49.4 Å². The summed E-state index contributed by atoms with van der Waals surface area (Å²) < 4.78 is 7.82. The summed E-state index contributed by atoms with van der Waals surface area (Å²) in [5.74, 6) is 1.74. The van der Waals surface area contributed by atoms with Crippen LogP contribution in [0.25, 0.3) is 0 Å². The molecule has 0 unspecified atom stereocenters. The lowest BCUT2D eigenvalue weighted by atomic mass is 10.2. The molecule has 1 aromatic heterocycles. The van der Waals surface area contributed by atoms with Crippen molar-refractivity contribution in [3.05, 3.63) is 40.4 Å². The maximum Gasteiger partial charge on any atom is 0.216 e. The molecule has 2 rings (SSSR count). The van der Waals surface area contributed by atoms with E-state index in [2.05, 4.69) is 29.1 Å². The van der Waals surface area contributed by atoms with Gasteiger partial charge in [-0.15, -0.1) is 0 Å². The van der Waals surface area contributed by atoms with Crippen LogP contribution in [0.5, 0.6) is 5.75 Å². The van der Waals surface area contributed by atoms with Crippen LogP contribution in [0, 0.1) is 4.77 Å². The molecule has 0 bridgehead atoms. The van der Waals surface area contributed by atoms with E-state index in [9.17, 15) is 0 Å². The van der Waals surface area contributed by atoms with Gasteiger partial charge in [0.2, 0.25) is 4.77 Å². The van der Waals surface area contributed by atoms with Crippen molar-refractivity contribution in [2.45, 2.75) is 39.5 Å². The number of hydrogen-bond donors (Lipinski definition) is 1. The van der Waals surface area contributed by atoms with Gasteiger partial charge in [-0.3, -0.25) is 5.10 Å². The summed E-state index contributed by atoms with van der Waals surface area (Å²) in [6.07, 6.45) is 5.83. The molecular weight excluding hydrogens is 296 g/mol. The van der Waals surface area contributed by atoms with Crippen LogP contribution in [0.2, 0.25) is 0 Å². The van der Waals surface area contributed by atoms with Crippen molar-refractivity contribution in [3.63, 3.8) is 0 Å². The predicted molar refractivity (Wildman–Crippen MR) is 91.2 cm³/mol. The van der Waals surface area contributed by atoms with Gasteiger partial charge in [-0.25, -0.2) is 0 Å². The number of unbranched alkanes of at least 4 members (excludes halogenated alkanes) is 1. The van der Waals surface area contributed by atoms with E-state index in [-0.39, 0.29) is 0 Å². The monoisotopic (exact) mass is 318 g/mol. The summed E-state index contributed by atoms with van der Waals surface area (Å²) in [7, 11) is 0. The molecule has 0 saturated heterocycles. The molecule has 0 saturated carbocycles. The van der Waals surface area contributed by atoms with Crippen molar-refractivity contribution >= 4 is 18.4 Å². The Labute approximate surface area is 136 Å². The first-order valence-corrected chi connectivity index (χ1v) is 8.09. The Balaban J connectivity index is 2.04. The van der Waals surface area contributed by atoms with E-state index in [4.69, 9.17) is 17.0 Å². The zero-order chi connectivity index (χ0) is 15.8. The molecule has 5 nitrogen and oxygen atoms in total. The van der Waals surface area contributed by atoms with Crippen LogP contribution >= 0.6 is 12.2 Å². The first-order valence-electron chi connectivity index (χ1n) is 7.68. The van der Waals surface area contributed by atoms with Gasteiger partial charge in [-0.2, -0.15) is 14.9 Å². The third-order valence-corrected chi connectivity index (χ3v) is 3.42. The van der Waals surface area contributed by atoms with E-state index in [1.807, 2.05) is 24.3 Å². The molecule has 118 valence electrons. The Bertz CT molecular complexity index is 658. The number of aromatic amines is 1. The van der Waals surface area contributed by atoms with Crippen molar-refractivity contribution in [1.29, 1.82) is 0 Å². The van der Waals surface area contributed by atoms with Crippen molar-refractivity contribution in [3.8, 4) is 5.75 Å². The second-order valence-corrected chi connectivity index (χ2v) is 5.41. The van der Waals surface area contributed by atoms with Gasteiger partial charge < -0.3 is 4.74 Å². The summed E-state index contributed by atoms with van der Waals surface area (Å²) in [6, 6.07) is 7.87. The Kier molecular flexibility index (Phi) is 6.33. The van der Waals surface area contributed by atoms with Gasteiger partial charge in [0.25, 0.3) is 0 Å². The minimum Gasteiger partial charge on any atom is -0.494 e. The van der Waals surface area contributed by atoms with Gasteiger partial charge in [0.1, 0.15) is 5.75 Å². The molecule has 0 spiro atoms. The van der Waals surface area contributed by atoms with Crippen LogP contribution in [-0.4, -0.2) is 27.7 Å². The fraction of sp³-hybridized carbons (Fsp3) is 0.438. The van der Waals surface area contributed by atoms with Gasteiger partial charge >= 0.3 is 0 Å². The summed E-state index contributed by atoms with van der Waals surface area (Å²) in [5.41, 5.74) is 0.994. The highest BCUT2D eigenvalue weighted by molar-refractivity contribution is 7.71. The first-order chi connectivity index (χ1) is 10.7. The number of nitrogens with one attached hydrogen (secondary N) is 1. The van der Waals surface area contributed by atoms with Gasteiger partial charge in [0.15, 0.2) is 5.82 Å². The lowest BCUT2D eigenvalue weighted by molar-refractivity contribution is 0.309. The van der Waals surface area contributed by atoms with E-state index in [0.29, 0.717) is 4.77 Å². The molecule has 22 heavy (non-hydrogen) atoms. The van der Waals surface area contributed by atoms with Gasteiger partial charge in [-0.1, -0.05) is 20.3 Å². The van der Waals surface area contributed by atoms with Crippen molar-refractivity contribution in [1.82, 2.24) is 14.9 Å². The highest BCUT2D eigenvalue weighted by Crippen LogP contribution is 2.12. The molecule has 0 amide bonds. The van der Waals surface area contributed by atoms with Crippen molar-refractivity contribution < 1.29 is 4.74 Å². The fourth-order valence-corrected chi connectivity index (χ4v) is 2.14. The fourth-order valence-electron chi connectivity index (χ4n) is 1.94. The third-order valence-electron chi connectivity index (χ3n) is 3.16. The number of H-pyrrole nitrogens is 1. The van der Waals surface area contributed by atoms with E-state index in [1.165, 1.54) is 0 Å². The van der Waals surface area contributed by atoms with Crippen LogP contribution in [0.4, 0.5) is 0 Å². The molecule has 0 aliphatic rings. The summed E-state index contributed by atoms with van der Waals surface area (Å²) in [6.45, 7) is 5.01. The molecular formula is C16H22N4OS. The summed E-state index contributed by atoms with van der Waals surface area (Å²) in [5, 5.41) is 11.4. The number of aromatic nitrogens is 3. The lowest BCUT2D eigenvalue weighted by Gasteiger charge is -2.05. The van der Waals surface area contributed by atoms with Crippen LogP contribution in [0.1, 0.15) is 44.5 Å². The second-order valence-electron chi connectivity index (χ2n) is 5.02. The highest BCUT2D eigenvalue weighted by Gasteiger charge is 2.03. The molecule has 0 radical (unpaired) electrons. The maximum absolute atomic E-state index is 5.64. The van der Waals surface area contributed by atoms with Crippen molar-refractivity contribution in [2.75, 3.05) is 6.61 Å². The van der Waals surface area contributed by atoms with E-state index in [1.54, 1.807) is 10.9 Å². The Hall–Kier alpha value is -1.95. The smallest absolute Gasteiger partial charge is 0.216 e. The molecule has 0 atom stereocenters. The van der Waals surface area contributed by atoms with Crippen LogP contribution in [0.15, 0.2) is 29.4 Å². The SMILES string of the molecule is CCCCOc1ccc(C=Nn2c(CCC)n[nH]c2=S)cc1. The van der Waals surface area contributed by atoms with E-state index >= 15 is 0 Å². The molecule has 1 heterocycles. The molecule has 6 heteroatoms. The average Bonchev–Trinajstić information content (AvgIpc) is 2.87. The summed E-state index contributed by atoms with van der Waals surface area (Å²) >= 11 is 5.19. The topological polar surface area (TPSA) is 55.2 Å². The Morgan fingerprint density at radius 1 is 1.27 bits per heavy atom. The quantitative estimate of drug-likeness (QED) is 0.455. The normalized spacial score (nSPS) is 11.2. The number of benzene rings is 1. The van der Waals surface area contributed by atoms with Crippen LogP contribution < -0.4 is 4.74 Å². The number of hydrogen-bond acceptors (Lipinski definition) is 4. The number of nitrogens with zero attached hydrogens (tertiary/aromatic N) is 3. The number of aryl methyl sites for hydroxylation is 1. The Morgan fingerprint density at radius 3 is 2.73 bits per heavy atom. The molecule has 2 aromatic rings. The lowest BCUT2D eigenvalue weighted by Crippen LogP contribution is -1.99. The number of ether oxygens (including phenoxy) is 1. The molecule has 0 fully saturated rings. The van der Waals surface area contributed by atoms with Crippen LogP contribution in [-0.2, 0) is 6.42 Å². The zero-order valence-electron chi connectivity index (χ0n) is 13.1. The molecule has 1 N–H and O–H groups in total. The van der Waals surface area contributed by atoms with Gasteiger partial charge in [0.05, 0.1) is 12.8 Å². The minimum absolute atomic E-state index is 0.513. The third kappa shape index (κ3) is 4.53. The Morgan fingerprint density at radius 2 is 2.05 bits per heavy atom. The maximum atomic E-state index is 5.64. The minimum atomic E-state index is 0.513. The first kappa shape index (κ1) is 16.4. The molecule has 0 aliphatic heterocycles.